The second-order valence-electron chi connectivity index (χ2n) is 11.7. The summed E-state index contributed by atoms with van der Waals surface area (Å²) < 4.78 is 40.6. The van der Waals surface area contributed by atoms with Crippen molar-refractivity contribution in [3.63, 3.8) is 0 Å². The minimum Gasteiger partial charge on any atom is -0.493 e. The van der Waals surface area contributed by atoms with Gasteiger partial charge in [0.2, 0.25) is 15.9 Å². The number of nitrogens with two attached hydrogens (primary N) is 1. The molecule has 5 rings (SSSR count). The Labute approximate surface area is 264 Å². The number of fused-ring (bicyclic) bond motifs is 1. The van der Waals surface area contributed by atoms with Crippen LogP contribution in [-0.4, -0.2) is 76.3 Å². The molecule has 12 heteroatoms. The predicted molar refractivity (Wildman–Crippen MR) is 172 cm³/mol. The highest BCUT2D eigenvalue weighted by molar-refractivity contribution is 7.89. The lowest BCUT2D eigenvalue weighted by Gasteiger charge is -2.38. The van der Waals surface area contributed by atoms with E-state index in [1.165, 1.54) is 20.3 Å². The molecule has 5 N–H and O–H groups in total. The summed E-state index contributed by atoms with van der Waals surface area (Å²) in [5.41, 5.74) is 7.02. The van der Waals surface area contributed by atoms with Crippen molar-refractivity contribution in [3.05, 3.63) is 65.7 Å². The van der Waals surface area contributed by atoms with Crippen LogP contribution in [0.5, 0.6) is 11.5 Å². The summed E-state index contributed by atoms with van der Waals surface area (Å²) in [5.74, 6) is 0.473. The van der Waals surface area contributed by atoms with Crippen molar-refractivity contribution in [1.29, 1.82) is 5.41 Å². The first-order chi connectivity index (χ1) is 21.6. The van der Waals surface area contributed by atoms with Crippen molar-refractivity contribution in [1.82, 2.24) is 14.9 Å². The van der Waals surface area contributed by atoms with Gasteiger partial charge in [0.25, 0.3) is 0 Å². The third kappa shape index (κ3) is 7.29. The Kier molecular flexibility index (Phi) is 10.1. The minimum absolute atomic E-state index is 0.0213. The molecule has 0 spiro atoms. The summed E-state index contributed by atoms with van der Waals surface area (Å²) in [7, 11) is -1.04. The van der Waals surface area contributed by atoms with Crippen LogP contribution in [0.15, 0.2) is 59.5 Å². The van der Waals surface area contributed by atoms with Gasteiger partial charge in [-0.05, 0) is 72.8 Å². The maximum absolute atomic E-state index is 14.0. The second-order valence-corrected chi connectivity index (χ2v) is 13.4. The number of ketones is 1. The van der Waals surface area contributed by atoms with E-state index in [2.05, 4.69) is 10.0 Å². The summed E-state index contributed by atoms with van der Waals surface area (Å²) in [4.78, 5) is 29.6. The Morgan fingerprint density at radius 1 is 1.00 bits per heavy atom. The molecule has 45 heavy (non-hydrogen) atoms. The number of amidine groups is 1. The number of nitrogens with zero attached hydrogens (tertiary/aromatic N) is 1. The van der Waals surface area contributed by atoms with E-state index in [4.69, 9.17) is 20.6 Å². The fourth-order valence-electron chi connectivity index (χ4n) is 6.21. The van der Waals surface area contributed by atoms with E-state index >= 15 is 0 Å². The van der Waals surface area contributed by atoms with E-state index in [1.807, 2.05) is 12.1 Å². The zero-order valence-corrected chi connectivity index (χ0v) is 26.5. The molecule has 2 saturated heterocycles. The topological polar surface area (TPSA) is 164 Å². The average Bonchev–Trinajstić information content (AvgIpc) is 3.33. The Morgan fingerprint density at radius 2 is 1.71 bits per heavy atom. The molecule has 2 heterocycles. The van der Waals surface area contributed by atoms with Gasteiger partial charge in [0, 0.05) is 18.5 Å². The van der Waals surface area contributed by atoms with Gasteiger partial charge in [-0.15, -0.1) is 0 Å². The highest BCUT2D eigenvalue weighted by atomic mass is 32.2. The van der Waals surface area contributed by atoms with Gasteiger partial charge in [0.1, 0.15) is 11.9 Å². The molecule has 3 aromatic rings. The summed E-state index contributed by atoms with van der Waals surface area (Å²) >= 11 is 0. The van der Waals surface area contributed by atoms with E-state index in [1.54, 1.807) is 41.3 Å². The van der Waals surface area contributed by atoms with E-state index < -0.39 is 28.0 Å². The van der Waals surface area contributed by atoms with Crippen LogP contribution in [0.25, 0.3) is 10.8 Å². The third-order valence-corrected chi connectivity index (χ3v) is 10.2. The summed E-state index contributed by atoms with van der Waals surface area (Å²) in [5, 5.41) is 12.5. The number of carbonyl (C=O) groups is 2. The molecule has 2 fully saturated rings. The van der Waals surface area contributed by atoms with E-state index in [0.29, 0.717) is 48.3 Å². The van der Waals surface area contributed by atoms with Gasteiger partial charge < -0.3 is 25.4 Å². The van der Waals surface area contributed by atoms with Crippen LogP contribution in [0.3, 0.4) is 0 Å². The summed E-state index contributed by atoms with van der Waals surface area (Å²) in [6.45, 7) is 1.08. The van der Waals surface area contributed by atoms with Crippen LogP contribution in [-0.2, 0) is 26.0 Å². The van der Waals surface area contributed by atoms with Crippen LogP contribution < -0.4 is 25.2 Å². The van der Waals surface area contributed by atoms with Crippen molar-refractivity contribution >= 4 is 38.3 Å². The van der Waals surface area contributed by atoms with Crippen molar-refractivity contribution in [2.45, 2.75) is 68.0 Å². The van der Waals surface area contributed by atoms with Crippen molar-refractivity contribution < 1.29 is 27.5 Å². The molecule has 240 valence electrons. The highest BCUT2D eigenvalue weighted by Crippen LogP contribution is 2.33. The Balaban J connectivity index is 1.40. The first-order valence-electron chi connectivity index (χ1n) is 15.3. The number of nitrogen functional groups attached to an aromatic ring is 1. The molecule has 0 saturated carbocycles. The fourth-order valence-corrected chi connectivity index (χ4v) is 7.46. The number of nitrogens with one attached hydrogen (secondary N) is 3. The van der Waals surface area contributed by atoms with Crippen molar-refractivity contribution in [3.8, 4) is 11.5 Å². The van der Waals surface area contributed by atoms with Gasteiger partial charge >= 0.3 is 0 Å². The lowest BCUT2D eigenvalue weighted by molar-refractivity contribution is -0.144. The molecule has 0 radical (unpaired) electrons. The first-order valence-corrected chi connectivity index (χ1v) is 16.8. The maximum Gasteiger partial charge on any atom is 0.241 e. The number of carbonyl (C=O) groups excluding carboxylic acids is 2. The van der Waals surface area contributed by atoms with Crippen LogP contribution in [0.4, 0.5) is 0 Å². The third-order valence-electron chi connectivity index (χ3n) is 8.70. The molecule has 3 aromatic carbocycles. The number of Topliss-reactive ketones (excluding diaryl/α,β-unsaturated/α-hetero) is 1. The highest BCUT2D eigenvalue weighted by Gasteiger charge is 2.40. The van der Waals surface area contributed by atoms with E-state index in [0.717, 1.165) is 36.8 Å². The number of likely N-dealkylation sites (tertiary alicyclic amines) is 1. The van der Waals surface area contributed by atoms with E-state index in [9.17, 15) is 18.0 Å². The zero-order valence-electron chi connectivity index (χ0n) is 25.7. The van der Waals surface area contributed by atoms with Crippen LogP contribution >= 0.6 is 0 Å². The van der Waals surface area contributed by atoms with Gasteiger partial charge in [0.05, 0.1) is 31.2 Å². The Bertz CT molecular complexity index is 1670. The molecule has 0 bridgehead atoms. The number of ether oxygens (including phenoxy) is 2. The molecule has 0 aliphatic carbocycles. The van der Waals surface area contributed by atoms with Gasteiger partial charge in [-0.1, -0.05) is 43.2 Å². The molecule has 3 atom stereocenters. The van der Waals surface area contributed by atoms with Crippen molar-refractivity contribution in [2.24, 2.45) is 5.73 Å². The van der Waals surface area contributed by atoms with Crippen LogP contribution in [0.2, 0.25) is 0 Å². The van der Waals surface area contributed by atoms with Crippen LogP contribution in [0.1, 0.15) is 49.7 Å². The molecule has 1 amide bonds. The van der Waals surface area contributed by atoms with E-state index in [-0.39, 0.29) is 29.0 Å². The lowest BCUT2D eigenvalue weighted by atomic mass is 9.91. The Hall–Kier alpha value is -4.00. The number of piperidine rings is 1. The number of benzene rings is 3. The summed E-state index contributed by atoms with van der Waals surface area (Å²) in [6, 6.07) is 13.1. The standard InChI is InChI=1S/C33H41N5O6S/c1-43-29-19-23-13-14-25(18-24(23)20-30(29)44-2)45(41,42)37-27-8-6-16-38(33(27)40)28(31(39)26-7-4-3-5-15-36-26)17-21-9-11-22(12-10-21)32(34)35/h9-14,18-20,26-28,36-37H,3-8,15-17H2,1-2H3,(H3,34,35). The summed E-state index contributed by atoms with van der Waals surface area (Å²) in [6.07, 6.45) is 4.77. The van der Waals surface area contributed by atoms with Gasteiger partial charge in [-0.3, -0.25) is 15.0 Å². The Morgan fingerprint density at radius 3 is 2.40 bits per heavy atom. The van der Waals surface area contributed by atoms with Gasteiger partial charge in [-0.2, -0.15) is 4.72 Å². The monoisotopic (exact) mass is 635 g/mol. The zero-order chi connectivity index (χ0) is 32.1. The SMILES string of the molecule is COc1cc2ccc(S(=O)(=O)NC3CCCN(C(Cc4ccc(C(=N)N)cc4)C(=O)C4CCCCCN4)C3=O)cc2cc1OC. The smallest absolute Gasteiger partial charge is 0.241 e. The lowest BCUT2D eigenvalue weighted by Crippen LogP contribution is -2.59. The first kappa shape index (κ1) is 32.4. The molecular weight excluding hydrogens is 594 g/mol. The second kappa shape index (κ2) is 14.0. The molecule has 11 nitrogen and oxygen atoms in total. The number of hydrogen-bond donors (Lipinski definition) is 4. The molecule has 0 aromatic heterocycles. The van der Waals surface area contributed by atoms with Crippen molar-refractivity contribution in [2.75, 3.05) is 27.3 Å². The maximum atomic E-state index is 14.0. The number of methoxy groups -OCH3 is 2. The fraction of sp³-hybridized carbons (Fsp3) is 0.424. The molecule has 2 aliphatic heterocycles. The predicted octanol–water partition coefficient (Wildman–Crippen LogP) is 3.12. The molecular formula is C33H41N5O6S. The number of amides is 1. The normalized spacial score (nSPS) is 20.0. The number of rotatable bonds is 11. The minimum atomic E-state index is -4.08. The van der Waals surface area contributed by atoms with Crippen LogP contribution in [0, 0.1) is 5.41 Å². The molecule has 2 aliphatic rings. The molecule has 3 unspecified atom stereocenters. The largest absolute Gasteiger partial charge is 0.493 e. The average molecular weight is 636 g/mol. The quantitative estimate of drug-likeness (QED) is 0.184. The van der Waals surface area contributed by atoms with Gasteiger partial charge in [-0.25, -0.2) is 8.42 Å². The number of hydrogen-bond acceptors (Lipinski definition) is 8. The number of sulfonamides is 1. The van der Waals surface area contributed by atoms with Gasteiger partial charge in [0.15, 0.2) is 17.3 Å².